The molecule has 1 heterocycles. The van der Waals surface area contributed by atoms with Crippen LogP contribution in [0.4, 0.5) is 0 Å². The van der Waals surface area contributed by atoms with Gasteiger partial charge in [0.2, 0.25) is 0 Å². The molecule has 0 aromatic rings. The highest BCUT2D eigenvalue weighted by molar-refractivity contribution is 4.92. The predicted molar refractivity (Wildman–Crippen MR) is 56.7 cm³/mol. The number of hydrogen-bond donors (Lipinski definition) is 1. The first kappa shape index (κ1) is 9.51. The van der Waals surface area contributed by atoms with E-state index in [9.17, 15) is 0 Å². The van der Waals surface area contributed by atoms with Gasteiger partial charge >= 0.3 is 0 Å². The van der Waals surface area contributed by atoms with Gasteiger partial charge in [-0.3, -0.25) is 0 Å². The Balaban J connectivity index is 2.01. The summed E-state index contributed by atoms with van der Waals surface area (Å²) in [5.41, 5.74) is 0.734. The second-order valence-corrected chi connectivity index (χ2v) is 5.40. The van der Waals surface area contributed by atoms with Crippen molar-refractivity contribution >= 4 is 0 Å². The molecule has 0 aromatic carbocycles. The summed E-state index contributed by atoms with van der Waals surface area (Å²) in [6.07, 6.45) is 7.38. The summed E-state index contributed by atoms with van der Waals surface area (Å²) in [5.74, 6) is 1.90. The molecule has 1 heteroatoms. The molecule has 2 aliphatic rings. The molecule has 1 unspecified atom stereocenters. The topological polar surface area (TPSA) is 12.0 Å². The monoisotopic (exact) mass is 181 g/mol. The Morgan fingerprint density at radius 2 is 1.77 bits per heavy atom. The molecule has 2 rings (SSSR count). The zero-order valence-corrected chi connectivity index (χ0v) is 9.10. The average Bonchev–Trinajstić information content (AvgIpc) is 2.15. The Hall–Kier alpha value is -0.0400. The highest BCUT2D eigenvalue weighted by Crippen LogP contribution is 2.47. The summed E-state index contributed by atoms with van der Waals surface area (Å²) < 4.78 is 0. The maximum Gasteiger partial charge on any atom is -0.00178 e. The second-order valence-electron chi connectivity index (χ2n) is 5.40. The van der Waals surface area contributed by atoms with Crippen molar-refractivity contribution in [3.8, 4) is 0 Å². The first-order valence-corrected chi connectivity index (χ1v) is 5.94. The van der Waals surface area contributed by atoms with E-state index >= 15 is 0 Å². The normalized spacial score (nSPS) is 46.6. The van der Waals surface area contributed by atoms with Gasteiger partial charge in [-0.05, 0) is 49.6 Å². The molecule has 1 atom stereocenters. The number of hydrogen-bond acceptors (Lipinski definition) is 1. The van der Waals surface area contributed by atoms with Crippen molar-refractivity contribution in [3.05, 3.63) is 0 Å². The smallest absolute Gasteiger partial charge is 0.00178 e. The van der Waals surface area contributed by atoms with Crippen molar-refractivity contribution in [1.29, 1.82) is 0 Å². The van der Waals surface area contributed by atoms with Gasteiger partial charge < -0.3 is 5.32 Å². The molecular formula is C12H23N. The Morgan fingerprint density at radius 1 is 1.08 bits per heavy atom. The van der Waals surface area contributed by atoms with Crippen LogP contribution in [0.2, 0.25) is 0 Å². The standard InChI is InChI=1S/C12H23N/c1-10-3-5-12(6-4-10)7-8-13-9-11(12)2/h10-11,13H,3-9H2,1-2H3. The molecule has 76 valence electrons. The van der Waals surface area contributed by atoms with Crippen LogP contribution in [0.3, 0.4) is 0 Å². The first-order chi connectivity index (χ1) is 6.23. The third-order valence-corrected chi connectivity index (χ3v) is 4.57. The van der Waals surface area contributed by atoms with Gasteiger partial charge in [-0.15, -0.1) is 0 Å². The second kappa shape index (κ2) is 3.61. The quantitative estimate of drug-likeness (QED) is 0.606. The van der Waals surface area contributed by atoms with E-state index in [0.29, 0.717) is 0 Å². The lowest BCUT2D eigenvalue weighted by atomic mass is 9.61. The van der Waals surface area contributed by atoms with Gasteiger partial charge in [0.15, 0.2) is 0 Å². The summed E-state index contributed by atoms with van der Waals surface area (Å²) in [6, 6.07) is 0. The largest absolute Gasteiger partial charge is 0.316 e. The van der Waals surface area contributed by atoms with E-state index in [4.69, 9.17) is 0 Å². The molecule has 1 nitrogen and oxygen atoms in total. The van der Waals surface area contributed by atoms with Gasteiger partial charge in [0.05, 0.1) is 0 Å². The molecule has 1 N–H and O–H groups in total. The minimum absolute atomic E-state index is 0.734. The molecule has 0 radical (unpaired) electrons. The van der Waals surface area contributed by atoms with Crippen LogP contribution < -0.4 is 5.32 Å². The van der Waals surface area contributed by atoms with E-state index in [2.05, 4.69) is 19.2 Å². The van der Waals surface area contributed by atoms with E-state index in [1.165, 1.54) is 45.2 Å². The van der Waals surface area contributed by atoms with Crippen LogP contribution in [0.15, 0.2) is 0 Å². The van der Waals surface area contributed by atoms with Gasteiger partial charge in [-0.1, -0.05) is 26.7 Å². The van der Waals surface area contributed by atoms with E-state index in [0.717, 1.165) is 17.3 Å². The Bertz CT molecular complexity index is 168. The van der Waals surface area contributed by atoms with Gasteiger partial charge in [-0.2, -0.15) is 0 Å². The summed E-state index contributed by atoms with van der Waals surface area (Å²) in [5, 5.41) is 3.52. The van der Waals surface area contributed by atoms with Crippen LogP contribution >= 0.6 is 0 Å². The van der Waals surface area contributed by atoms with E-state index in [-0.39, 0.29) is 0 Å². The van der Waals surface area contributed by atoms with Gasteiger partial charge in [-0.25, -0.2) is 0 Å². The molecule has 1 aliphatic heterocycles. The van der Waals surface area contributed by atoms with Crippen molar-refractivity contribution in [2.75, 3.05) is 13.1 Å². The van der Waals surface area contributed by atoms with E-state index in [1.807, 2.05) is 0 Å². The molecule has 1 aliphatic carbocycles. The fourth-order valence-electron chi connectivity index (χ4n) is 3.20. The predicted octanol–water partition coefficient (Wildman–Crippen LogP) is 2.81. The minimum atomic E-state index is 0.734. The van der Waals surface area contributed by atoms with Crippen molar-refractivity contribution < 1.29 is 0 Å². The van der Waals surface area contributed by atoms with Crippen molar-refractivity contribution in [1.82, 2.24) is 5.32 Å². The minimum Gasteiger partial charge on any atom is -0.316 e. The fraction of sp³-hybridized carbons (Fsp3) is 1.00. The maximum atomic E-state index is 3.52. The zero-order chi connectivity index (χ0) is 9.31. The van der Waals surface area contributed by atoms with Gasteiger partial charge in [0.1, 0.15) is 0 Å². The van der Waals surface area contributed by atoms with Crippen molar-refractivity contribution in [2.24, 2.45) is 17.3 Å². The molecular weight excluding hydrogens is 158 g/mol. The molecule has 13 heavy (non-hydrogen) atoms. The highest BCUT2D eigenvalue weighted by atomic mass is 14.9. The Kier molecular flexibility index (Phi) is 2.64. The van der Waals surface area contributed by atoms with Crippen LogP contribution in [0.5, 0.6) is 0 Å². The SMILES string of the molecule is CC1CCC2(CCNCC2C)CC1. The molecule has 1 spiro atoms. The highest BCUT2D eigenvalue weighted by Gasteiger charge is 2.39. The summed E-state index contributed by atoms with van der Waals surface area (Å²) in [7, 11) is 0. The first-order valence-electron chi connectivity index (χ1n) is 5.94. The molecule has 2 fully saturated rings. The number of rotatable bonds is 0. The summed E-state index contributed by atoms with van der Waals surface area (Å²) >= 11 is 0. The third-order valence-electron chi connectivity index (χ3n) is 4.57. The molecule has 0 bridgehead atoms. The molecule has 0 amide bonds. The van der Waals surface area contributed by atoms with Crippen LogP contribution in [-0.2, 0) is 0 Å². The van der Waals surface area contributed by atoms with Gasteiger partial charge in [0, 0.05) is 0 Å². The molecule has 1 saturated heterocycles. The Labute approximate surface area is 82.3 Å². The van der Waals surface area contributed by atoms with Crippen molar-refractivity contribution in [3.63, 3.8) is 0 Å². The van der Waals surface area contributed by atoms with Crippen LogP contribution in [0, 0.1) is 17.3 Å². The van der Waals surface area contributed by atoms with Crippen LogP contribution in [0.1, 0.15) is 46.0 Å². The summed E-state index contributed by atoms with van der Waals surface area (Å²) in [4.78, 5) is 0. The van der Waals surface area contributed by atoms with E-state index in [1.54, 1.807) is 0 Å². The number of nitrogens with one attached hydrogen (secondary N) is 1. The summed E-state index contributed by atoms with van der Waals surface area (Å²) in [6.45, 7) is 7.38. The van der Waals surface area contributed by atoms with Gasteiger partial charge in [0.25, 0.3) is 0 Å². The van der Waals surface area contributed by atoms with Crippen LogP contribution in [-0.4, -0.2) is 13.1 Å². The lowest BCUT2D eigenvalue weighted by Crippen LogP contribution is -2.45. The van der Waals surface area contributed by atoms with Crippen LogP contribution in [0.25, 0.3) is 0 Å². The number of piperidine rings is 1. The third kappa shape index (κ3) is 1.76. The van der Waals surface area contributed by atoms with Crippen molar-refractivity contribution in [2.45, 2.75) is 46.0 Å². The lowest BCUT2D eigenvalue weighted by Gasteiger charge is -2.47. The average molecular weight is 181 g/mol. The maximum absolute atomic E-state index is 3.52. The Morgan fingerprint density at radius 3 is 2.38 bits per heavy atom. The molecule has 0 aromatic heterocycles. The van der Waals surface area contributed by atoms with E-state index < -0.39 is 0 Å². The fourth-order valence-corrected chi connectivity index (χ4v) is 3.20. The zero-order valence-electron chi connectivity index (χ0n) is 9.10. The molecule has 1 saturated carbocycles. The lowest BCUT2D eigenvalue weighted by molar-refractivity contribution is 0.0537.